The number of nitrogens with zero attached hydrogens (tertiary/aromatic N) is 1. The molecule has 0 aliphatic carbocycles. The maximum Gasteiger partial charge on any atom is 0.330 e. The summed E-state index contributed by atoms with van der Waals surface area (Å²) in [6.07, 6.45) is 3.61. The minimum Gasteiger partial charge on any atom is -0.459 e. The van der Waals surface area contributed by atoms with Gasteiger partial charge in [-0.25, -0.2) is 4.79 Å². The summed E-state index contributed by atoms with van der Waals surface area (Å²) in [6, 6.07) is 0.506. The molecule has 2 rings (SSSR count). The zero-order chi connectivity index (χ0) is 12.6. The fourth-order valence-corrected chi connectivity index (χ4v) is 2.93. The summed E-state index contributed by atoms with van der Waals surface area (Å²) >= 11 is 0. The topological polar surface area (TPSA) is 49.8 Å². The van der Waals surface area contributed by atoms with Crippen molar-refractivity contribution < 1.29 is 14.6 Å². The summed E-state index contributed by atoms with van der Waals surface area (Å²) in [6.45, 7) is 3.76. The molecule has 2 saturated heterocycles. The maximum atomic E-state index is 11.5. The van der Waals surface area contributed by atoms with Gasteiger partial charge in [0.25, 0.3) is 0 Å². The van der Waals surface area contributed by atoms with Crippen LogP contribution in [0, 0.1) is 0 Å². The summed E-state index contributed by atoms with van der Waals surface area (Å²) in [5, 5.41) is 9.87. The van der Waals surface area contributed by atoms with Crippen molar-refractivity contribution in [1.29, 1.82) is 0 Å². The van der Waals surface area contributed by atoms with Crippen LogP contribution in [-0.2, 0) is 9.53 Å². The largest absolute Gasteiger partial charge is 0.459 e. The fourth-order valence-electron chi connectivity index (χ4n) is 2.93. The minimum atomic E-state index is -0.267. The first-order valence-electron chi connectivity index (χ1n) is 6.23. The van der Waals surface area contributed by atoms with Crippen LogP contribution in [0.1, 0.15) is 33.1 Å². The Morgan fingerprint density at radius 1 is 1.35 bits per heavy atom. The number of fused-ring (bicyclic) bond motifs is 2. The second-order valence-electron chi connectivity index (χ2n) is 5.44. The van der Waals surface area contributed by atoms with Crippen molar-refractivity contribution in [3.8, 4) is 0 Å². The lowest BCUT2D eigenvalue weighted by molar-refractivity contribution is -0.146. The number of allylic oxidation sites excluding steroid dienone is 1. The molecule has 2 fully saturated rings. The molecule has 0 aromatic rings. The fraction of sp³-hybridized carbons (Fsp3) is 0.769. The van der Waals surface area contributed by atoms with Gasteiger partial charge < -0.3 is 9.84 Å². The molecule has 0 amide bonds. The van der Waals surface area contributed by atoms with Gasteiger partial charge in [0.2, 0.25) is 0 Å². The first kappa shape index (κ1) is 12.6. The molecule has 4 heteroatoms. The van der Waals surface area contributed by atoms with Gasteiger partial charge in [-0.05, 0) is 27.3 Å². The summed E-state index contributed by atoms with van der Waals surface area (Å²) in [5.41, 5.74) is 0.950. The van der Waals surface area contributed by atoms with Crippen LogP contribution in [0.3, 0.4) is 0 Å². The molecule has 17 heavy (non-hydrogen) atoms. The molecule has 0 saturated carbocycles. The average molecular weight is 239 g/mol. The third kappa shape index (κ3) is 2.69. The minimum absolute atomic E-state index is 0.0403. The van der Waals surface area contributed by atoms with Crippen molar-refractivity contribution in [2.45, 2.75) is 57.4 Å². The molecule has 0 aromatic heterocycles. The first-order valence-corrected chi connectivity index (χ1v) is 6.23. The molecule has 2 heterocycles. The Balaban J connectivity index is 1.94. The number of aliphatic hydroxyl groups is 1. The number of ether oxygens (including phenoxy) is 1. The Bertz CT molecular complexity index is 336. The standard InChI is InChI=1S/C13H21NO3/c1-8(2)4-13(16)17-10-5-9-6-12(15)11(7-10)14(9)3/h4,9-12,15H,5-7H2,1-3H3/t9?,10-,11?,12-/m0/s1. The highest BCUT2D eigenvalue weighted by atomic mass is 16.5. The van der Waals surface area contributed by atoms with Crippen molar-refractivity contribution in [2.24, 2.45) is 0 Å². The van der Waals surface area contributed by atoms with Gasteiger partial charge >= 0.3 is 5.97 Å². The van der Waals surface area contributed by atoms with Gasteiger partial charge in [0.1, 0.15) is 6.10 Å². The molecule has 2 unspecified atom stereocenters. The van der Waals surface area contributed by atoms with E-state index in [0.29, 0.717) is 6.04 Å². The molecule has 2 aliphatic heterocycles. The van der Waals surface area contributed by atoms with Crippen LogP contribution in [0.25, 0.3) is 0 Å². The number of hydrogen-bond acceptors (Lipinski definition) is 4. The van der Waals surface area contributed by atoms with E-state index in [2.05, 4.69) is 4.90 Å². The van der Waals surface area contributed by atoms with Gasteiger partial charge in [-0.3, -0.25) is 4.90 Å². The van der Waals surface area contributed by atoms with Crippen LogP contribution in [0.4, 0.5) is 0 Å². The van der Waals surface area contributed by atoms with Gasteiger partial charge in [0, 0.05) is 31.0 Å². The quantitative estimate of drug-likeness (QED) is 0.579. The van der Waals surface area contributed by atoms with Crippen LogP contribution in [0.5, 0.6) is 0 Å². The predicted molar refractivity (Wildman–Crippen MR) is 64.5 cm³/mol. The lowest BCUT2D eigenvalue weighted by Crippen LogP contribution is -2.45. The second-order valence-corrected chi connectivity index (χ2v) is 5.44. The average Bonchev–Trinajstić information content (AvgIpc) is 2.39. The SMILES string of the molecule is CC(C)=CC(=O)O[C@H]1CC2C[C@H](O)C(C1)N2C. The summed E-state index contributed by atoms with van der Waals surface area (Å²) in [4.78, 5) is 13.8. The number of carbonyl (C=O) groups excluding carboxylic acids is 1. The maximum absolute atomic E-state index is 11.5. The van der Waals surface area contributed by atoms with E-state index in [-0.39, 0.29) is 24.2 Å². The number of esters is 1. The summed E-state index contributed by atoms with van der Waals surface area (Å²) in [7, 11) is 2.04. The van der Waals surface area contributed by atoms with Crippen LogP contribution in [-0.4, -0.2) is 47.3 Å². The van der Waals surface area contributed by atoms with Crippen LogP contribution in [0.15, 0.2) is 11.6 Å². The van der Waals surface area contributed by atoms with Crippen LogP contribution >= 0.6 is 0 Å². The molecule has 1 N–H and O–H groups in total. The van der Waals surface area contributed by atoms with E-state index in [0.717, 1.165) is 24.8 Å². The third-order valence-electron chi connectivity index (χ3n) is 3.79. The van der Waals surface area contributed by atoms with Crippen molar-refractivity contribution >= 4 is 5.97 Å². The number of likely N-dealkylation sites (N-methyl/N-ethyl adjacent to an activating group) is 1. The van der Waals surface area contributed by atoms with E-state index < -0.39 is 0 Å². The monoisotopic (exact) mass is 239 g/mol. The Kier molecular flexibility index (Phi) is 3.54. The normalized spacial score (nSPS) is 36.7. The van der Waals surface area contributed by atoms with Crippen molar-refractivity contribution in [3.63, 3.8) is 0 Å². The molecular formula is C13H21NO3. The number of aliphatic hydroxyl groups excluding tert-OH is 1. The zero-order valence-electron chi connectivity index (χ0n) is 10.7. The Hall–Kier alpha value is -0.870. The van der Waals surface area contributed by atoms with E-state index in [1.165, 1.54) is 6.08 Å². The highest BCUT2D eigenvalue weighted by Crippen LogP contribution is 2.35. The van der Waals surface area contributed by atoms with Crippen molar-refractivity contribution in [3.05, 3.63) is 11.6 Å². The van der Waals surface area contributed by atoms with Crippen LogP contribution < -0.4 is 0 Å². The smallest absolute Gasteiger partial charge is 0.330 e. The molecular weight excluding hydrogens is 218 g/mol. The highest BCUT2D eigenvalue weighted by Gasteiger charge is 2.45. The van der Waals surface area contributed by atoms with Crippen LogP contribution in [0.2, 0.25) is 0 Å². The van der Waals surface area contributed by atoms with Gasteiger partial charge in [-0.1, -0.05) is 5.57 Å². The number of carbonyl (C=O) groups is 1. The molecule has 96 valence electrons. The van der Waals surface area contributed by atoms with E-state index in [4.69, 9.17) is 4.74 Å². The van der Waals surface area contributed by atoms with Crippen molar-refractivity contribution in [1.82, 2.24) is 4.90 Å². The molecule has 2 bridgehead atoms. The third-order valence-corrected chi connectivity index (χ3v) is 3.79. The Labute approximate surface area is 102 Å². The molecule has 4 atom stereocenters. The van der Waals surface area contributed by atoms with E-state index in [1.54, 1.807) is 0 Å². The first-order chi connectivity index (χ1) is 7.97. The highest BCUT2D eigenvalue weighted by molar-refractivity contribution is 5.82. The Morgan fingerprint density at radius 2 is 2.06 bits per heavy atom. The van der Waals surface area contributed by atoms with E-state index in [1.807, 2.05) is 20.9 Å². The predicted octanol–water partition coefficient (Wildman–Crippen LogP) is 1.09. The van der Waals surface area contributed by atoms with E-state index >= 15 is 0 Å². The summed E-state index contributed by atoms with van der Waals surface area (Å²) in [5.74, 6) is -0.256. The molecule has 2 aliphatic rings. The van der Waals surface area contributed by atoms with Gasteiger partial charge in [0.15, 0.2) is 0 Å². The lowest BCUT2D eigenvalue weighted by Gasteiger charge is -2.35. The molecule has 0 radical (unpaired) electrons. The van der Waals surface area contributed by atoms with Gasteiger partial charge in [-0.15, -0.1) is 0 Å². The number of hydrogen-bond donors (Lipinski definition) is 1. The molecule has 0 spiro atoms. The van der Waals surface area contributed by atoms with Crippen molar-refractivity contribution in [2.75, 3.05) is 7.05 Å². The number of rotatable bonds is 2. The zero-order valence-corrected chi connectivity index (χ0v) is 10.7. The summed E-state index contributed by atoms with van der Waals surface area (Å²) < 4.78 is 5.43. The van der Waals surface area contributed by atoms with Gasteiger partial charge in [-0.2, -0.15) is 0 Å². The molecule has 0 aromatic carbocycles. The van der Waals surface area contributed by atoms with E-state index in [9.17, 15) is 9.90 Å². The van der Waals surface area contributed by atoms with Gasteiger partial charge in [0.05, 0.1) is 6.10 Å². The lowest BCUT2D eigenvalue weighted by atomic mass is 10.0. The molecule has 4 nitrogen and oxygen atoms in total. The second kappa shape index (κ2) is 4.78. The number of piperidine rings is 1. The Morgan fingerprint density at radius 3 is 2.65 bits per heavy atom.